The molecule has 0 spiro atoms. The molecule has 17 heavy (non-hydrogen) atoms. The van der Waals surface area contributed by atoms with Crippen LogP contribution in [0.4, 0.5) is 8.78 Å². The summed E-state index contributed by atoms with van der Waals surface area (Å²) in [5.74, 6) is -5.32. The zero-order chi connectivity index (χ0) is 13.2. The predicted octanol–water partition coefficient (Wildman–Crippen LogP) is 3.62. The van der Waals surface area contributed by atoms with Gasteiger partial charge in [0.25, 0.3) is 5.92 Å². The molecule has 1 N–H and O–H groups in total. The highest BCUT2D eigenvalue weighted by molar-refractivity contribution is 5.75. The van der Waals surface area contributed by atoms with E-state index >= 15 is 0 Å². The minimum atomic E-state index is -2.88. The summed E-state index contributed by atoms with van der Waals surface area (Å²) in [5, 5.41) is 8.80. The topological polar surface area (TPSA) is 37.3 Å². The molecule has 0 saturated carbocycles. The van der Waals surface area contributed by atoms with Crippen molar-refractivity contribution in [2.75, 3.05) is 0 Å². The molecule has 0 fully saturated rings. The molecule has 0 aliphatic heterocycles. The van der Waals surface area contributed by atoms with E-state index in [4.69, 9.17) is 5.11 Å². The Balaban J connectivity index is 3.00. The van der Waals surface area contributed by atoms with Gasteiger partial charge in [-0.05, 0) is 12.5 Å². The average Bonchev–Trinajstić information content (AvgIpc) is 2.27. The maximum absolute atomic E-state index is 13.7. The Hall–Kier alpha value is -1.45. The fraction of sp³-hybridized carbons (Fsp3) is 0.462. The first-order valence-corrected chi connectivity index (χ1v) is 5.48. The Morgan fingerprint density at radius 3 is 2.00 bits per heavy atom. The smallest absolute Gasteiger partial charge is 0.310 e. The molecule has 0 aliphatic carbocycles. The van der Waals surface area contributed by atoms with E-state index in [1.54, 1.807) is 0 Å². The maximum Gasteiger partial charge on any atom is 0.310 e. The Labute approximate surface area is 99.3 Å². The highest BCUT2D eigenvalue weighted by Gasteiger charge is 2.35. The van der Waals surface area contributed by atoms with Crippen LogP contribution in [-0.2, 0) is 10.7 Å². The van der Waals surface area contributed by atoms with Crippen LogP contribution in [0.5, 0.6) is 0 Å². The van der Waals surface area contributed by atoms with Crippen LogP contribution >= 0.6 is 0 Å². The molecule has 0 saturated heterocycles. The molecule has 0 aliphatic rings. The number of halogens is 2. The van der Waals surface area contributed by atoms with Gasteiger partial charge >= 0.3 is 5.97 Å². The number of carboxylic acid groups (broad SMARTS) is 1. The van der Waals surface area contributed by atoms with Crippen LogP contribution in [0.3, 0.4) is 0 Å². The first-order chi connectivity index (χ1) is 7.76. The molecule has 0 heterocycles. The number of benzene rings is 1. The third-order valence-corrected chi connectivity index (χ3v) is 2.89. The van der Waals surface area contributed by atoms with Crippen LogP contribution in [0.2, 0.25) is 0 Å². The largest absolute Gasteiger partial charge is 0.481 e. The van der Waals surface area contributed by atoms with Crippen molar-refractivity contribution in [3.8, 4) is 0 Å². The van der Waals surface area contributed by atoms with Gasteiger partial charge in [-0.3, -0.25) is 4.79 Å². The Kier molecular flexibility index (Phi) is 3.86. The number of alkyl halides is 2. The lowest BCUT2D eigenvalue weighted by atomic mass is 9.94. The normalized spacial score (nSPS) is 13.8. The zero-order valence-electron chi connectivity index (χ0n) is 10.1. The number of carboxylic acids is 1. The molecule has 2 nitrogen and oxygen atoms in total. The van der Waals surface area contributed by atoms with Crippen molar-refractivity contribution in [3.63, 3.8) is 0 Å². The van der Waals surface area contributed by atoms with Crippen LogP contribution < -0.4 is 0 Å². The number of aliphatic carboxylic acids is 1. The van der Waals surface area contributed by atoms with Crippen LogP contribution in [0.1, 0.15) is 37.8 Å². The van der Waals surface area contributed by atoms with Crippen LogP contribution in [-0.4, -0.2) is 11.1 Å². The highest BCUT2D eigenvalue weighted by atomic mass is 19.3. The minimum absolute atomic E-state index is 0.0751. The summed E-state index contributed by atoms with van der Waals surface area (Å²) in [6.07, 6.45) is 0. The molecular formula is C13H16F2O2. The Bertz CT molecular complexity index is 396. The van der Waals surface area contributed by atoms with Crippen molar-refractivity contribution in [1.82, 2.24) is 0 Å². The summed E-state index contributed by atoms with van der Waals surface area (Å²) >= 11 is 0. The molecule has 1 rings (SSSR count). The van der Waals surface area contributed by atoms with Gasteiger partial charge in [-0.1, -0.05) is 38.1 Å². The monoisotopic (exact) mass is 242 g/mol. The van der Waals surface area contributed by atoms with E-state index in [0.29, 0.717) is 5.56 Å². The molecular weight excluding hydrogens is 226 g/mol. The van der Waals surface area contributed by atoms with Gasteiger partial charge in [0.15, 0.2) is 0 Å². The number of rotatable bonds is 4. The molecule has 0 amide bonds. The third-order valence-electron chi connectivity index (χ3n) is 2.89. The summed E-state index contributed by atoms with van der Waals surface area (Å²) in [7, 11) is 0. The average molecular weight is 242 g/mol. The molecule has 1 unspecified atom stereocenters. The Morgan fingerprint density at radius 1 is 1.18 bits per heavy atom. The van der Waals surface area contributed by atoms with Crippen molar-refractivity contribution >= 4 is 5.97 Å². The van der Waals surface area contributed by atoms with Gasteiger partial charge in [-0.25, -0.2) is 8.78 Å². The lowest BCUT2D eigenvalue weighted by molar-refractivity contribution is -0.138. The summed E-state index contributed by atoms with van der Waals surface area (Å²) in [6.45, 7) is 4.43. The second kappa shape index (κ2) is 4.82. The Morgan fingerprint density at radius 2 is 1.65 bits per heavy atom. The first kappa shape index (κ1) is 13.6. The van der Waals surface area contributed by atoms with Crippen LogP contribution in [0.25, 0.3) is 0 Å². The predicted molar refractivity (Wildman–Crippen MR) is 61.2 cm³/mol. The molecule has 0 aromatic heterocycles. The molecule has 1 aromatic carbocycles. The van der Waals surface area contributed by atoms with Crippen molar-refractivity contribution in [1.29, 1.82) is 0 Å². The summed E-state index contributed by atoms with van der Waals surface area (Å²) < 4.78 is 27.3. The van der Waals surface area contributed by atoms with Gasteiger partial charge < -0.3 is 5.11 Å². The molecule has 1 aromatic rings. The van der Waals surface area contributed by atoms with Gasteiger partial charge in [0.2, 0.25) is 0 Å². The van der Waals surface area contributed by atoms with E-state index in [2.05, 4.69) is 0 Å². The summed E-state index contributed by atoms with van der Waals surface area (Å²) in [5.41, 5.74) is 0.453. The van der Waals surface area contributed by atoms with E-state index in [0.717, 1.165) is 0 Å². The first-order valence-electron chi connectivity index (χ1n) is 5.48. The second-order valence-corrected chi connectivity index (χ2v) is 4.46. The maximum atomic E-state index is 13.7. The van der Waals surface area contributed by atoms with Crippen molar-refractivity contribution < 1.29 is 18.7 Å². The summed E-state index contributed by atoms with van der Waals surface area (Å²) in [6, 6.07) is 5.50. The summed E-state index contributed by atoms with van der Waals surface area (Å²) in [4.78, 5) is 10.7. The van der Waals surface area contributed by atoms with Gasteiger partial charge in [0.05, 0.1) is 5.92 Å². The van der Waals surface area contributed by atoms with Crippen LogP contribution in [0.15, 0.2) is 24.3 Å². The van der Waals surface area contributed by atoms with E-state index in [1.165, 1.54) is 45.0 Å². The molecule has 4 heteroatoms. The van der Waals surface area contributed by atoms with Crippen molar-refractivity contribution in [2.45, 2.75) is 32.6 Å². The fourth-order valence-corrected chi connectivity index (χ4v) is 1.47. The minimum Gasteiger partial charge on any atom is -0.481 e. The molecule has 1 atom stereocenters. The van der Waals surface area contributed by atoms with E-state index in [1.807, 2.05) is 0 Å². The quantitative estimate of drug-likeness (QED) is 0.875. The van der Waals surface area contributed by atoms with Gasteiger partial charge in [-0.2, -0.15) is 0 Å². The van der Waals surface area contributed by atoms with Gasteiger partial charge in [0, 0.05) is 11.5 Å². The third kappa shape index (κ3) is 2.81. The number of hydrogen-bond acceptors (Lipinski definition) is 1. The van der Waals surface area contributed by atoms with Gasteiger partial charge in [-0.15, -0.1) is 0 Å². The SMILES string of the molecule is CC(C(=O)O)c1ccc(C(F)(F)C(C)C)cc1. The highest BCUT2D eigenvalue weighted by Crippen LogP contribution is 2.35. The van der Waals surface area contributed by atoms with Crippen molar-refractivity contribution in [2.24, 2.45) is 5.92 Å². The van der Waals surface area contributed by atoms with E-state index < -0.39 is 23.7 Å². The number of carbonyl (C=O) groups is 1. The van der Waals surface area contributed by atoms with E-state index in [9.17, 15) is 13.6 Å². The zero-order valence-corrected chi connectivity index (χ0v) is 10.1. The number of hydrogen-bond donors (Lipinski definition) is 1. The lowest BCUT2D eigenvalue weighted by Gasteiger charge is -2.21. The molecule has 0 radical (unpaired) electrons. The van der Waals surface area contributed by atoms with E-state index in [-0.39, 0.29) is 5.56 Å². The van der Waals surface area contributed by atoms with Crippen LogP contribution in [0, 0.1) is 5.92 Å². The standard InChI is InChI=1S/C13H16F2O2/c1-8(2)13(14,15)11-6-4-10(5-7-11)9(3)12(16)17/h4-9H,1-3H3,(H,16,17). The lowest BCUT2D eigenvalue weighted by Crippen LogP contribution is -2.21. The second-order valence-electron chi connectivity index (χ2n) is 4.46. The van der Waals surface area contributed by atoms with Gasteiger partial charge in [0.1, 0.15) is 0 Å². The molecule has 94 valence electrons. The van der Waals surface area contributed by atoms with Crippen molar-refractivity contribution in [3.05, 3.63) is 35.4 Å². The fourth-order valence-electron chi connectivity index (χ4n) is 1.47. The molecule has 0 bridgehead atoms.